The maximum Gasteiger partial charge on any atom is 0.320 e. The molecule has 4 nitrogen and oxygen atoms in total. The van der Waals surface area contributed by atoms with Gasteiger partial charge < -0.3 is 10.1 Å². The molecule has 1 N–H and O–H groups in total. The van der Waals surface area contributed by atoms with Crippen molar-refractivity contribution in [3.8, 4) is 5.75 Å². The molecule has 96 valence electrons. The largest absolute Gasteiger partial charge is 0.465 e. The Hall–Kier alpha value is -1.49. The zero-order valence-corrected chi connectivity index (χ0v) is 10.7. The third-order valence-electron chi connectivity index (χ3n) is 3.63. The number of ether oxygens (including phenoxy) is 1. The Morgan fingerprint density at radius 2 is 2.33 bits per heavy atom. The van der Waals surface area contributed by atoms with E-state index in [4.69, 9.17) is 16.3 Å². The van der Waals surface area contributed by atoms with Gasteiger partial charge in [0.2, 0.25) is 0 Å². The molecule has 2 amide bonds. The molecule has 1 aromatic carbocycles. The van der Waals surface area contributed by atoms with E-state index in [1.807, 2.05) is 0 Å². The fourth-order valence-corrected chi connectivity index (χ4v) is 2.71. The zero-order valence-electron chi connectivity index (χ0n) is 9.96. The van der Waals surface area contributed by atoms with Gasteiger partial charge in [0.25, 0.3) is 0 Å². The Bertz CT molecular complexity index is 551. The van der Waals surface area contributed by atoms with Crippen LogP contribution in [0.3, 0.4) is 0 Å². The van der Waals surface area contributed by atoms with Gasteiger partial charge in [0.1, 0.15) is 0 Å². The summed E-state index contributed by atoms with van der Waals surface area (Å²) in [6.45, 7) is 1.77. The van der Waals surface area contributed by atoms with Gasteiger partial charge in [0.15, 0.2) is 17.3 Å². The number of fused-ring (bicyclic) bond motifs is 4. The van der Waals surface area contributed by atoms with E-state index >= 15 is 0 Å². The molecule has 1 saturated heterocycles. The number of carbonyl (C=O) groups is 1. The van der Waals surface area contributed by atoms with Crippen LogP contribution in [-0.2, 0) is 0 Å². The number of halogens is 2. The van der Waals surface area contributed by atoms with Crippen LogP contribution in [0.25, 0.3) is 0 Å². The molecular weight excluding hydrogens is 259 g/mol. The summed E-state index contributed by atoms with van der Waals surface area (Å²) in [6, 6.07) is 2.35. The molecule has 2 aliphatic heterocycles. The standard InChI is InChI=1S/C12H12ClFN2O2/c1-12-5-9(15-11(17)16(12)2)7-3-6(13)4-8(14)10(7)18-12/h3-4,9H,5H2,1-2H3,(H,15,17). The highest BCUT2D eigenvalue weighted by atomic mass is 35.5. The van der Waals surface area contributed by atoms with Gasteiger partial charge in [-0.3, -0.25) is 4.90 Å². The lowest BCUT2D eigenvalue weighted by molar-refractivity contribution is -0.0743. The van der Waals surface area contributed by atoms with Crippen LogP contribution in [0, 0.1) is 5.82 Å². The highest BCUT2D eigenvalue weighted by Gasteiger charge is 2.48. The molecule has 2 bridgehead atoms. The Labute approximate surface area is 109 Å². The van der Waals surface area contributed by atoms with Crippen LogP contribution in [0.1, 0.15) is 24.9 Å². The molecule has 2 atom stereocenters. The number of hydrogen-bond donors (Lipinski definition) is 1. The Kier molecular flexibility index (Phi) is 2.26. The van der Waals surface area contributed by atoms with Crippen LogP contribution in [0.4, 0.5) is 9.18 Å². The minimum Gasteiger partial charge on any atom is -0.465 e. The number of nitrogens with one attached hydrogen (secondary N) is 1. The maximum absolute atomic E-state index is 13.9. The van der Waals surface area contributed by atoms with E-state index in [1.165, 1.54) is 11.0 Å². The molecule has 2 unspecified atom stereocenters. The van der Waals surface area contributed by atoms with Crippen LogP contribution in [0.15, 0.2) is 12.1 Å². The maximum atomic E-state index is 13.9. The molecule has 18 heavy (non-hydrogen) atoms. The number of amides is 2. The number of nitrogens with zero attached hydrogens (tertiary/aromatic N) is 1. The quantitative estimate of drug-likeness (QED) is 0.787. The molecule has 6 heteroatoms. The van der Waals surface area contributed by atoms with Crippen LogP contribution < -0.4 is 10.1 Å². The van der Waals surface area contributed by atoms with Gasteiger partial charge in [0.05, 0.1) is 6.04 Å². The third kappa shape index (κ3) is 1.47. The van der Waals surface area contributed by atoms with E-state index in [2.05, 4.69) is 5.32 Å². The van der Waals surface area contributed by atoms with Gasteiger partial charge in [0, 0.05) is 24.1 Å². The second kappa shape index (κ2) is 3.51. The molecule has 0 spiro atoms. The number of rotatable bonds is 0. The summed E-state index contributed by atoms with van der Waals surface area (Å²) in [5.74, 6) is -0.331. The lowest BCUT2D eigenvalue weighted by Gasteiger charge is -2.49. The van der Waals surface area contributed by atoms with E-state index in [9.17, 15) is 9.18 Å². The second-order valence-corrected chi connectivity index (χ2v) is 5.28. The van der Waals surface area contributed by atoms with E-state index in [-0.39, 0.29) is 17.8 Å². The SMILES string of the molecule is CN1C(=O)NC2CC1(C)Oc1c(F)cc(Cl)cc12. The normalized spacial score (nSPS) is 29.4. The fraction of sp³-hybridized carbons (Fsp3) is 0.417. The van der Waals surface area contributed by atoms with Crippen molar-refractivity contribution < 1.29 is 13.9 Å². The molecule has 0 saturated carbocycles. The first kappa shape index (κ1) is 11.6. The number of benzene rings is 1. The summed E-state index contributed by atoms with van der Waals surface area (Å²) in [5.41, 5.74) is -0.229. The Balaban J connectivity index is 2.17. The summed E-state index contributed by atoms with van der Waals surface area (Å²) in [7, 11) is 1.63. The highest BCUT2D eigenvalue weighted by molar-refractivity contribution is 6.30. The summed E-state index contributed by atoms with van der Waals surface area (Å²) in [5, 5.41) is 3.11. The third-order valence-corrected chi connectivity index (χ3v) is 3.85. The van der Waals surface area contributed by atoms with Gasteiger partial charge in [-0.2, -0.15) is 0 Å². The molecule has 2 heterocycles. The van der Waals surface area contributed by atoms with Crippen molar-refractivity contribution in [2.24, 2.45) is 0 Å². The zero-order chi connectivity index (χ0) is 13.1. The summed E-state index contributed by atoms with van der Waals surface area (Å²) in [4.78, 5) is 13.2. The van der Waals surface area contributed by atoms with Crippen LogP contribution >= 0.6 is 11.6 Å². The van der Waals surface area contributed by atoms with Gasteiger partial charge >= 0.3 is 6.03 Å². The summed E-state index contributed by atoms with van der Waals surface area (Å²) >= 11 is 5.84. The predicted octanol–water partition coefficient (Wildman–Crippen LogP) is 2.67. The Morgan fingerprint density at radius 3 is 3.06 bits per heavy atom. The monoisotopic (exact) mass is 270 g/mol. The van der Waals surface area contributed by atoms with E-state index < -0.39 is 11.5 Å². The van der Waals surface area contributed by atoms with E-state index in [1.54, 1.807) is 20.0 Å². The smallest absolute Gasteiger partial charge is 0.320 e. The molecule has 0 radical (unpaired) electrons. The van der Waals surface area contributed by atoms with Crippen molar-refractivity contribution in [2.45, 2.75) is 25.1 Å². The summed E-state index contributed by atoms with van der Waals surface area (Å²) in [6.07, 6.45) is 0.558. The van der Waals surface area contributed by atoms with E-state index in [0.29, 0.717) is 17.0 Å². The first-order valence-corrected chi connectivity index (χ1v) is 6.01. The van der Waals surface area contributed by atoms with Crippen molar-refractivity contribution in [1.29, 1.82) is 0 Å². The number of carbonyl (C=O) groups excluding carboxylic acids is 1. The van der Waals surface area contributed by atoms with Crippen molar-refractivity contribution in [2.75, 3.05) is 7.05 Å². The second-order valence-electron chi connectivity index (χ2n) is 4.85. The first-order valence-electron chi connectivity index (χ1n) is 5.63. The number of hydrogen-bond acceptors (Lipinski definition) is 2. The van der Waals surface area contributed by atoms with Crippen molar-refractivity contribution in [3.05, 3.63) is 28.5 Å². The lowest BCUT2D eigenvalue weighted by atomic mass is 9.91. The minimum absolute atomic E-state index is 0.171. The number of urea groups is 1. The fourth-order valence-electron chi connectivity index (χ4n) is 2.49. The van der Waals surface area contributed by atoms with Crippen LogP contribution in [0.2, 0.25) is 5.02 Å². The molecular formula is C12H12ClFN2O2. The van der Waals surface area contributed by atoms with Crippen molar-refractivity contribution in [1.82, 2.24) is 10.2 Å². The van der Waals surface area contributed by atoms with E-state index in [0.717, 1.165) is 0 Å². The highest BCUT2D eigenvalue weighted by Crippen LogP contribution is 2.45. The van der Waals surface area contributed by atoms with Crippen molar-refractivity contribution in [3.63, 3.8) is 0 Å². The van der Waals surface area contributed by atoms with Gasteiger partial charge in [-0.1, -0.05) is 11.6 Å². The molecule has 2 aliphatic rings. The molecule has 0 aliphatic carbocycles. The molecule has 0 aromatic heterocycles. The first-order chi connectivity index (χ1) is 8.40. The lowest BCUT2D eigenvalue weighted by Crippen LogP contribution is -2.63. The van der Waals surface area contributed by atoms with Gasteiger partial charge in [-0.25, -0.2) is 9.18 Å². The van der Waals surface area contributed by atoms with Crippen LogP contribution in [0.5, 0.6) is 5.75 Å². The van der Waals surface area contributed by atoms with Gasteiger partial charge in [-0.05, 0) is 19.1 Å². The molecule has 1 aromatic rings. The average molecular weight is 271 g/mol. The topological polar surface area (TPSA) is 41.6 Å². The molecule has 3 rings (SSSR count). The minimum atomic E-state index is -0.825. The molecule has 1 fully saturated rings. The Morgan fingerprint density at radius 1 is 1.61 bits per heavy atom. The predicted molar refractivity (Wildman–Crippen MR) is 64.1 cm³/mol. The summed E-state index contributed by atoms with van der Waals surface area (Å²) < 4.78 is 19.6. The van der Waals surface area contributed by atoms with Crippen LogP contribution in [-0.4, -0.2) is 23.7 Å². The average Bonchev–Trinajstić information content (AvgIpc) is 2.28. The van der Waals surface area contributed by atoms with Crippen molar-refractivity contribution >= 4 is 17.6 Å². The van der Waals surface area contributed by atoms with Gasteiger partial charge in [-0.15, -0.1) is 0 Å².